The fourth-order valence-electron chi connectivity index (χ4n) is 2.38. The van der Waals surface area contributed by atoms with Gasteiger partial charge >= 0.3 is 0 Å². The first-order valence-electron chi connectivity index (χ1n) is 7.33. The normalized spacial score (nSPS) is 18.1. The molecule has 0 unspecified atom stereocenters. The predicted octanol–water partition coefficient (Wildman–Crippen LogP) is 1.60. The molecule has 3 heterocycles. The first kappa shape index (κ1) is 14.6. The van der Waals surface area contributed by atoms with Crippen LogP contribution < -0.4 is 5.32 Å². The summed E-state index contributed by atoms with van der Waals surface area (Å²) in [6.45, 7) is 3.56. The molecular formula is C15H18N4O3. The Kier molecular flexibility index (Phi) is 4.43. The minimum absolute atomic E-state index is 0.201. The summed E-state index contributed by atoms with van der Waals surface area (Å²) < 4.78 is 10.4. The van der Waals surface area contributed by atoms with Gasteiger partial charge in [0.1, 0.15) is 5.82 Å². The highest BCUT2D eigenvalue weighted by Gasteiger charge is 2.19. The molecule has 1 aliphatic heterocycles. The number of ether oxygens (including phenoxy) is 1. The van der Waals surface area contributed by atoms with Gasteiger partial charge in [-0.15, -0.1) is 0 Å². The second-order valence-corrected chi connectivity index (χ2v) is 5.34. The lowest BCUT2D eigenvalue weighted by Crippen LogP contribution is -2.24. The number of nitrogens with zero attached hydrogens (tertiary/aromatic N) is 3. The molecule has 1 atom stereocenters. The van der Waals surface area contributed by atoms with Crippen molar-refractivity contribution >= 4 is 5.91 Å². The van der Waals surface area contributed by atoms with Crippen molar-refractivity contribution in [3.8, 4) is 0 Å². The Morgan fingerprint density at radius 3 is 3.14 bits per heavy atom. The Balaban J connectivity index is 1.61. The topological polar surface area (TPSA) is 90.1 Å². The maximum absolute atomic E-state index is 11.9. The summed E-state index contributed by atoms with van der Waals surface area (Å²) in [5.41, 5.74) is 1.44. The third-order valence-electron chi connectivity index (χ3n) is 3.54. The Bertz CT molecular complexity index is 650. The van der Waals surface area contributed by atoms with Crippen molar-refractivity contribution in [2.75, 3.05) is 13.2 Å². The molecule has 3 rings (SSSR count). The molecule has 1 N–H and O–H groups in total. The molecule has 7 nitrogen and oxygen atoms in total. The zero-order valence-corrected chi connectivity index (χ0v) is 12.4. The van der Waals surface area contributed by atoms with Crippen molar-refractivity contribution in [1.82, 2.24) is 20.4 Å². The number of carbonyl (C=O) groups is 1. The lowest BCUT2D eigenvalue weighted by atomic mass is 10.0. The van der Waals surface area contributed by atoms with Crippen molar-refractivity contribution in [2.45, 2.75) is 32.2 Å². The van der Waals surface area contributed by atoms with Crippen LogP contribution in [0.5, 0.6) is 0 Å². The fraction of sp³-hybridized carbons (Fsp3) is 0.467. The van der Waals surface area contributed by atoms with Gasteiger partial charge in [-0.3, -0.25) is 4.79 Å². The molecule has 0 spiro atoms. The summed E-state index contributed by atoms with van der Waals surface area (Å²) in [7, 11) is 0. The molecule has 1 amide bonds. The molecule has 0 aromatic carbocycles. The smallest absolute Gasteiger partial charge is 0.290 e. The van der Waals surface area contributed by atoms with E-state index >= 15 is 0 Å². The molecule has 0 aliphatic carbocycles. The molecule has 7 heteroatoms. The standard InChI is InChI=1S/C15H18N4O3/c1-10-7-13(22-19-10)15(20)17-8-12-4-5-16-14(18-12)11-3-2-6-21-9-11/h4-5,7,11H,2-3,6,8-9H2,1H3,(H,17,20)/t11-/m0/s1. The minimum Gasteiger partial charge on any atom is -0.381 e. The highest BCUT2D eigenvalue weighted by atomic mass is 16.5. The van der Waals surface area contributed by atoms with Crippen LogP contribution in [0.1, 0.15) is 46.5 Å². The fourth-order valence-corrected chi connectivity index (χ4v) is 2.38. The van der Waals surface area contributed by atoms with E-state index in [-0.39, 0.29) is 17.6 Å². The lowest BCUT2D eigenvalue weighted by molar-refractivity contribution is 0.0779. The van der Waals surface area contributed by atoms with Crippen molar-refractivity contribution < 1.29 is 14.1 Å². The van der Waals surface area contributed by atoms with Gasteiger partial charge in [0.2, 0.25) is 5.76 Å². The maximum Gasteiger partial charge on any atom is 0.290 e. The van der Waals surface area contributed by atoms with Crippen LogP contribution >= 0.6 is 0 Å². The average Bonchev–Trinajstić information content (AvgIpc) is 3.00. The number of hydrogen-bond acceptors (Lipinski definition) is 6. The summed E-state index contributed by atoms with van der Waals surface area (Å²) in [5, 5.41) is 6.46. The Hall–Kier alpha value is -2.28. The predicted molar refractivity (Wildman–Crippen MR) is 77.2 cm³/mol. The number of rotatable bonds is 4. The number of hydrogen-bond donors (Lipinski definition) is 1. The van der Waals surface area contributed by atoms with E-state index in [0.717, 1.165) is 31.0 Å². The molecule has 2 aromatic rings. The minimum atomic E-state index is -0.304. The zero-order chi connectivity index (χ0) is 15.4. The molecule has 0 bridgehead atoms. The van der Waals surface area contributed by atoms with Gasteiger partial charge in [-0.1, -0.05) is 5.16 Å². The zero-order valence-electron chi connectivity index (χ0n) is 12.4. The molecule has 2 aromatic heterocycles. The van der Waals surface area contributed by atoms with Gasteiger partial charge in [0.25, 0.3) is 5.91 Å². The molecule has 1 saturated heterocycles. The Morgan fingerprint density at radius 1 is 1.50 bits per heavy atom. The van der Waals surface area contributed by atoms with E-state index in [1.54, 1.807) is 25.3 Å². The molecule has 116 valence electrons. The number of nitrogens with one attached hydrogen (secondary N) is 1. The van der Waals surface area contributed by atoms with Gasteiger partial charge in [-0.05, 0) is 25.8 Å². The van der Waals surface area contributed by atoms with Crippen LogP contribution in [0.2, 0.25) is 0 Å². The van der Waals surface area contributed by atoms with Gasteiger partial charge in [0.05, 0.1) is 24.5 Å². The van der Waals surface area contributed by atoms with Crippen LogP contribution in [0.4, 0.5) is 0 Å². The van der Waals surface area contributed by atoms with Gasteiger partial charge < -0.3 is 14.6 Å². The monoisotopic (exact) mass is 302 g/mol. The quantitative estimate of drug-likeness (QED) is 0.922. The first-order chi connectivity index (χ1) is 10.7. The summed E-state index contributed by atoms with van der Waals surface area (Å²) in [5.74, 6) is 0.914. The van der Waals surface area contributed by atoms with Crippen LogP contribution in [0, 0.1) is 6.92 Å². The summed E-state index contributed by atoms with van der Waals surface area (Å²) in [4.78, 5) is 20.7. The van der Waals surface area contributed by atoms with E-state index in [0.29, 0.717) is 18.8 Å². The number of aryl methyl sites for hydroxylation is 1. The van der Waals surface area contributed by atoms with Crippen LogP contribution in [0.25, 0.3) is 0 Å². The molecular weight excluding hydrogens is 284 g/mol. The number of amides is 1. The SMILES string of the molecule is Cc1cc(C(=O)NCc2ccnc([C@H]3CCCOC3)n2)on1. The largest absolute Gasteiger partial charge is 0.381 e. The van der Waals surface area contributed by atoms with E-state index in [2.05, 4.69) is 20.4 Å². The molecule has 22 heavy (non-hydrogen) atoms. The van der Waals surface area contributed by atoms with Crippen molar-refractivity contribution in [3.63, 3.8) is 0 Å². The Morgan fingerprint density at radius 2 is 2.41 bits per heavy atom. The van der Waals surface area contributed by atoms with E-state index < -0.39 is 0 Å². The lowest BCUT2D eigenvalue weighted by Gasteiger charge is -2.20. The first-order valence-corrected chi connectivity index (χ1v) is 7.33. The Labute approximate surface area is 128 Å². The van der Waals surface area contributed by atoms with Gasteiger partial charge in [-0.25, -0.2) is 9.97 Å². The van der Waals surface area contributed by atoms with Crippen LogP contribution in [-0.4, -0.2) is 34.2 Å². The second-order valence-electron chi connectivity index (χ2n) is 5.34. The third kappa shape index (κ3) is 3.48. The molecule has 1 fully saturated rings. The molecule has 1 aliphatic rings. The highest BCUT2D eigenvalue weighted by Crippen LogP contribution is 2.22. The summed E-state index contributed by atoms with van der Waals surface area (Å²) >= 11 is 0. The molecule has 0 radical (unpaired) electrons. The van der Waals surface area contributed by atoms with Gasteiger partial charge in [0, 0.05) is 24.8 Å². The van der Waals surface area contributed by atoms with Crippen LogP contribution in [-0.2, 0) is 11.3 Å². The van der Waals surface area contributed by atoms with Crippen molar-refractivity contribution in [3.05, 3.63) is 41.3 Å². The van der Waals surface area contributed by atoms with E-state index in [4.69, 9.17) is 9.26 Å². The van der Waals surface area contributed by atoms with Crippen LogP contribution in [0.3, 0.4) is 0 Å². The number of carbonyl (C=O) groups excluding carboxylic acids is 1. The van der Waals surface area contributed by atoms with Gasteiger partial charge in [0.15, 0.2) is 0 Å². The summed E-state index contributed by atoms with van der Waals surface area (Å²) in [6, 6.07) is 3.39. The summed E-state index contributed by atoms with van der Waals surface area (Å²) in [6.07, 6.45) is 3.78. The van der Waals surface area contributed by atoms with Crippen molar-refractivity contribution in [1.29, 1.82) is 0 Å². The van der Waals surface area contributed by atoms with E-state index in [1.807, 2.05) is 0 Å². The van der Waals surface area contributed by atoms with Crippen LogP contribution in [0.15, 0.2) is 22.9 Å². The molecule has 0 saturated carbocycles. The second kappa shape index (κ2) is 6.65. The average molecular weight is 302 g/mol. The van der Waals surface area contributed by atoms with E-state index in [9.17, 15) is 4.79 Å². The third-order valence-corrected chi connectivity index (χ3v) is 3.54. The highest BCUT2D eigenvalue weighted by molar-refractivity contribution is 5.91. The van der Waals surface area contributed by atoms with E-state index in [1.165, 1.54) is 0 Å². The number of aromatic nitrogens is 3. The van der Waals surface area contributed by atoms with Crippen molar-refractivity contribution in [2.24, 2.45) is 0 Å². The maximum atomic E-state index is 11.9. The van der Waals surface area contributed by atoms with Gasteiger partial charge in [-0.2, -0.15) is 0 Å².